The topological polar surface area (TPSA) is 52.1 Å². The van der Waals surface area contributed by atoms with E-state index in [-0.39, 0.29) is 23.1 Å². The highest BCUT2D eigenvalue weighted by atomic mass is 79.9. The van der Waals surface area contributed by atoms with Crippen LogP contribution in [0, 0.1) is 5.82 Å². The fourth-order valence-electron chi connectivity index (χ4n) is 1.91. The molecule has 0 radical (unpaired) electrons. The average Bonchev–Trinajstić information content (AvgIpc) is 2.40. The van der Waals surface area contributed by atoms with Gasteiger partial charge in [0.05, 0.1) is 0 Å². The van der Waals surface area contributed by atoms with E-state index in [0.29, 0.717) is 15.6 Å². The Kier molecular flexibility index (Phi) is 5.37. The summed E-state index contributed by atoms with van der Waals surface area (Å²) in [6.07, 6.45) is 0.156. The van der Waals surface area contributed by atoms with Crippen LogP contribution in [0.4, 0.5) is 4.39 Å². The lowest BCUT2D eigenvalue weighted by atomic mass is 10.0. The van der Waals surface area contributed by atoms with Crippen molar-refractivity contribution in [2.45, 2.75) is 32.8 Å². The first-order valence-corrected chi connectivity index (χ1v) is 8.02. The maximum atomic E-state index is 14.0. The minimum atomic E-state index is -0.668. The largest absolute Gasteiger partial charge is 0.455 e. The van der Waals surface area contributed by atoms with Crippen LogP contribution in [0.2, 0.25) is 5.15 Å². The van der Waals surface area contributed by atoms with Gasteiger partial charge in [-0.2, -0.15) is 0 Å². The van der Waals surface area contributed by atoms with Crippen LogP contribution in [0.5, 0.6) is 0 Å². The molecule has 0 saturated carbocycles. The van der Waals surface area contributed by atoms with Crippen LogP contribution in [-0.4, -0.2) is 21.8 Å². The zero-order chi connectivity index (χ0) is 17.2. The molecule has 4 nitrogen and oxygen atoms in total. The van der Waals surface area contributed by atoms with Gasteiger partial charge >= 0.3 is 5.97 Å². The van der Waals surface area contributed by atoms with Gasteiger partial charge in [0.25, 0.3) is 0 Å². The minimum Gasteiger partial charge on any atom is -0.455 e. The molecule has 7 heteroatoms. The summed E-state index contributed by atoms with van der Waals surface area (Å²) in [4.78, 5) is 12.3. The number of carbonyl (C=O) groups is 1. The minimum absolute atomic E-state index is 0.0339. The highest BCUT2D eigenvalue weighted by Gasteiger charge is 2.23. The molecule has 2 aromatic rings. The molecule has 23 heavy (non-hydrogen) atoms. The molecule has 1 aromatic carbocycles. The summed E-state index contributed by atoms with van der Waals surface area (Å²) in [5, 5.41) is 7.63. The Morgan fingerprint density at radius 3 is 2.57 bits per heavy atom. The molecule has 0 aliphatic carbocycles. The Balaban J connectivity index is 2.37. The van der Waals surface area contributed by atoms with Crippen molar-refractivity contribution < 1.29 is 13.9 Å². The smallest absolute Gasteiger partial charge is 0.359 e. The molecule has 0 saturated heterocycles. The van der Waals surface area contributed by atoms with Crippen molar-refractivity contribution in [1.82, 2.24) is 10.2 Å². The second-order valence-corrected chi connectivity index (χ2v) is 7.26. The summed E-state index contributed by atoms with van der Waals surface area (Å²) in [5.74, 6) is -1.00. The molecule has 122 valence electrons. The standard InChI is InChI=1S/C16H15BrClFN2O2/c1-16(2,3)23-15(22)14-10(7-13(18)20-21-14)6-9-4-5-11(17)8-12(9)19/h4-5,7-8H,6H2,1-3H3. The molecule has 0 N–H and O–H groups in total. The molecule has 1 aromatic heterocycles. The van der Waals surface area contributed by atoms with Crippen molar-refractivity contribution in [1.29, 1.82) is 0 Å². The molecular weight excluding hydrogens is 387 g/mol. The lowest BCUT2D eigenvalue weighted by molar-refractivity contribution is 0.00604. The molecule has 0 aliphatic heterocycles. The Bertz CT molecular complexity index is 747. The number of carbonyl (C=O) groups excluding carboxylic acids is 1. The normalized spacial score (nSPS) is 11.4. The number of hydrogen-bond acceptors (Lipinski definition) is 4. The van der Waals surface area contributed by atoms with Gasteiger partial charge in [0.2, 0.25) is 0 Å². The number of aromatic nitrogens is 2. The first-order chi connectivity index (χ1) is 10.7. The third-order valence-corrected chi connectivity index (χ3v) is 3.51. The van der Waals surface area contributed by atoms with Crippen LogP contribution >= 0.6 is 27.5 Å². The fraction of sp³-hybridized carbons (Fsp3) is 0.312. The molecule has 0 fully saturated rings. The summed E-state index contributed by atoms with van der Waals surface area (Å²) in [6, 6.07) is 6.21. The number of rotatable bonds is 3. The molecule has 0 amide bonds. The predicted molar refractivity (Wildman–Crippen MR) is 89.1 cm³/mol. The second kappa shape index (κ2) is 6.93. The van der Waals surface area contributed by atoms with E-state index in [4.69, 9.17) is 16.3 Å². The summed E-state index contributed by atoms with van der Waals surface area (Å²) in [6.45, 7) is 5.26. The third kappa shape index (κ3) is 4.97. The van der Waals surface area contributed by atoms with Crippen LogP contribution in [-0.2, 0) is 11.2 Å². The van der Waals surface area contributed by atoms with Crippen LogP contribution in [0.3, 0.4) is 0 Å². The van der Waals surface area contributed by atoms with Crippen molar-refractivity contribution in [2.75, 3.05) is 0 Å². The number of hydrogen-bond donors (Lipinski definition) is 0. The molecular formula is C16H15BrClFN2O2. The molecule has 0 aliphatic rings. The van der Waals surface area contributed by atoms with Crippen LogP contribution < -0.4 is 0 Å². The van der Waals surface area contributed by atoms with Gasteiger partial charge in [-0.15, -0.1) is 10.2 Å². The highest BCUT2D eigenvalue weighted by molar-refractivity contribution is 9.10. The quantitative estimate of drug-likeness (QED) is 0.707. The van der Waals surface area contributed by atoms with E-state index in [0.717, 1.165) is 0 Å². The van der Waals surface area contributed by atoms with Crippen molar-refractivity contribution in [2.24, 2.45) is 0 Å². The Hall–Kier alpha value is -1.53. The maximum absolute atomic E-state index is 14.0. The number of halogens is 3. The molecule has 0 bridgehead atoms. The monoisotopic (exact) mass is 400 g/mol. The van der Waals surface area contributed by atoms with Gasteiger partial charge in [-0.05, 0) is 50.1 Å². The summed E-state index contributed by atoms with van der Waals surface area (Å²) < 4.78 is 20.0. The van der Waals surface area contributed by atoms with Crippen molar-refractivity contribution in [3.63, 3.8) is 0 Å². The highest BCUT2D eigenvalue weighted by Crippen LogP contribution is 2.22. The van der Waals surface area contributed by atoms with E-state index in [1.165, 1.54) is 12.1 Å². The van der Waals surface area contributed by atoms with E-state index in [9.17, 15) is 9.18 Å². The number of esters is 1. The van der Waals surface area contributed by atoms with Gasteiger partial charge < -0.3 is 4.74 Å². The first-order valence-electron chi connectivity index (χ1n) is 6.85. The lowest BCUT2D eigenvalue weighted by Gasteiger charge is -2.19. The fourth-order valence-corrected chi connectivity index (χ4v) is 2.41. The average molecular weight is 402 g/mol. The van der Waals surface area contributed by atoms with E-state index < -0.39 is 11.6 Å². The molecule has 0 spiro atoms. The molecule has 0 unspecified atom stereocenters. The van der Waals surface area contributed by atoms with Crippen LogP contribution in [0.1, 0.15) is 42.4 Å². The van der Waals surface area contributed by atoms with Crippen molar-refractivity contribution in [3.8, 4) is 0 Å². The zero-order valence-electron chi connectivity index (χ0n) is 12.9. The van der Waals surface area contributed by atoms with Gasteiger partial charge in [-0.25, -0.2) is 9.18 Å². The van der Waals surface area contributed by atoms with Crippen LogP contribution in [0.25, 0.3) is 0 Å². The van der Waals surface area contributed by atoms with Crippen molar-refractivity contribution >= 4 is 33.5 Å². The van der Waals surface area contributed by atoms with Crippen LogP contribution in [0.15, 0.2) is 28.7 Å². The van der Waals surface area contributed by atoms with Gasteiger partial charge in [0.1, 0.15) is 11.4 Å². The summed E-state index contributed by atoms with van der Waals surface area (Å²) >= 11 is 9.07. The molecule has 0 atom stereocenters. The number of ether oxygens (including phenoxy) is 1. The van der Waals surface area contributed by atoms with E-state index in [2.05, 4.69) is 26.1 Å². The Labute approximate surface area is 147 Å². The lowest BCUT2D eigenvalue weighted by Crippen LogP contribution is -2.25. The van der Waals surface area contributed by atoms with E-state index in [1.54, 1.807) is 32.9 Å². The summed E-state index contributed by atoms with van der Waals surface area (Å²) in [5.41, 5.74) is 0.243. The van der Waals surface area contributed by atoms with E-state index >= 15 is 0 Å². The van der Waals surface area contributed by atoms with E-state index in [1.807, 2.05) is 0 Å². The summed E-state index contributed by atoms with van der Waals surface area (Å²) in [7, 11) is 0. The van der Waals surface area contributed by atoms with Gasteiger partial charge in [0.15, 0.2) is 10.8 Å². The number of benzene rings is 1. The second-order valence-electron chi connectivity index (χ2n) is 5.96. The Morgan fingerprint density at radius 2 is 1.96 bits per heavy atom. The zero-order valence-corrected chi connectivity index (χ0v) is 15.2. The SMILES string of the molecule is CC(C)(C)OC(=O)c1nnc(Cl)cc1Cc1ccc(Br)cc1F. The molecule has 1 heterocycles. The molecule has 2 rings (SSSR count). The number of nitrogens with zero attached hydrogens (tertiary/aromatic N) is 2. The van der Waals surface area contributed by atoms with Gasteiger partial charge in [0, 0.05) is 10.9 Å². The third-order valence-electron chi connectivity index (χ3n) is 2.83. The van der Waals surface area contributed by atoms with Crippen molar-refractivity contribution in [3.05, 3.63) is 56.5 Å². The first kappa shape index (κ1) is 17.8. The maximum Gasteiger partial charge on any atom is 0.359 e. The predicted octanol–water partition coefficient (Wildman–Crippen LogP) is 4.58. The van der Waals surface area contributed by atoms with Gasteiger partial charge in [-0.1, -0.05) is 33.6 Å². The Morgan fingerprint density at radius 1 is 1.26 bits per heavy atom. The van der Waals surface area contributed by atoms with Gasteiger partial charge in [-0.3, -0.25) is 0 Å².